The maximum atomic E-state index is 12.8. The molecule has 0 saturated carbocycles. The third kappa shape index (κ3) is 2.45. The minimum absolute atomic E-state index is 0.168. The summed E-state index contributed by atoms with van der Waals surface area (Å²) in [5, 5.41) is 0.655. The van der Waals surface area contributed by atoms with Gasteiger partial charge in [0.15, 0.2) is 0 Å². The van der Waals surface area contributed by atoms with E-state index in [0.717, 1.165) is 5.52 Å². The normalized spacial score (nSPS) is 9.56. The molecule has 0 bridgehead atoms. The van der Waals surface area contributed by atoms with Gasteiger partial charge in [-0.15, -0.1) is 0 Å². The molecule has 2 nitrogen and oxygen atoms in total. The molecule has 1 N–H and O–H groups in total. The van der Waals surface area contributed by atoms with Gasteiger partial charge in [-0.05, 0) is 30.3 Å². The number of nitrogens with zero attached hydrogens (tertiary/aromatic N) is 1. The Labute approximate surface area is 92.8 Å². The number of rotatable bonds is 0. The van der Waals surface area contributed by atoms with E-state index in [4.69, 9.17) is 0 Å². The first kappa shape index (κ1) is 10.4. The van der Waals surface area contributed by atoms with E-state index < -0.39 is 0 Å². The first-order valence-electron chi connectivity index (χ1n) is 4.94. The van der Waals surface area contributed by atoms with Crippen molar-refractivity contribution in [3.63, 3.8) is 0 Å². The molecule has 0 spiro atoms. The van der Waals surface area contributed by atoms with E-state index in [1.54, 1.807) is 30.7 Å². The molecule has 0 aliphatic heterocycles. The summed E-state index contributed by atoms with van der Waals surface area (Å²) >= 11 is 0. The quantitative estimate of drug-likeness (QED) is 0.610. The third-order valence-corrected chi connectivity index (χ3v) is 2.11. The van der Waals surface area contributed by atoms with Crippen LogP contribution in [0.25, 0.3) is 10.9 Å². The molecule has 0 fully saturated rings. The number of fused-ring (bicyclic) bond motifs is 1. The van der Waals surface area contributed by atoms with Gasteiger partial charge in [-0.2, -0.15) is 0 Å². The summed E-state index contributed by atoms with van der Waals surface area (Å²) in [7, 11) is 0. The molecular weight excluding hydrogens is 203 g/mol. The van der Waals surface area contributed by atoms with Gasteiger partial charge < -0.3 is 4.98 Å². The van der Waals surface area contributed by atoms with Crippen LogP contribution < -0.4 is 0 Å². The minimum atomic E-state index is -0.168. The summed E-state index contributed by atoms with van der Waals surface area (Å²) in [4.78, 5) is 6.71. The zero-order valence-corrected chi connectivity index (χ0v) is 8.60. The van der Waals surface area contributed by atoms with Crippen molar-refractivity contribution in [2.24, 2.45) is 0 Å². The van der Waals surface area contributed by atoms with Crippen molar-refractivity contribution >= 4 is 10.9 Å². The summed E-state index contributed by atoms with van der Waals surface area (Å²) < 4.78 is 12.8. The number of aromatic nitrogens is 2. The van der Waals surface area contributed by atoms with E-state index in [1.165, 1.54) is 6.07 Å². The lowest BCUT2D eigenvalue weighted by Gasteiger charge is -1.88. The highest BCUT2D eigenvalue weighted by Crippen LogP contribution is 2.14. The Bertz CT molecular complexity index is 519. The number of benzene rings is 1. The molecule has 1 aromatic carbocycles. The summed E-state index contributed by atoms with van der Waals surface area (Å²) in [6, 6.07) is 12.4. The maximum absolute atomic E-state index is 12.8. The predicted octanol–water partition coefficient (Wildman–Crippen LogP) is 3.39. The van der Waals surface area contributed by atoms with Crippen LogP contribution in [0.2, 0.25) is 0 Å². The minimum Gasteiger partial charge on any atom is -0.361 e. The summed E-state index contributed by atoms with van der Waals surface area (Å²) in [6.07, 6.45) is 5.23. The summed E-state index contributed by atoms with van der Waals surface area (Å²) in [5.74, 6) is -0.168. The lowest BCUT2D eigenvalue weighted by atomic mass is 10.2. The Morgan fingerprint density at radius 2 is 1.75 bits per heavy atom. The van der Waals surface area contributed by atoms with Gasteiger partial charge in [0, 0.05) is 29.5 Å². The van der Waals surface area contributed by atoms with Gasteiger partial charge >= 0.3 is 0 Å². The lowest BCUT2D eigenvalue weighted by Crippen LogP contribution is -1.72. The second-order valence-corrected chi connectivity index (χ2v) is 3.20. The van der Waals surface area contributed by atoms with Crippen LogP contribution in [-0.4, -0.2) is 9.97 Å². The number of hydrogen-bond donors (Lipinski definition) is 1. The molecule has 0 atom stereocenters. The van der Waals surface area contributed by atoms with Crippen LogP contribution in [0.3, 0.4) is 0 Å². The van der Waals surface area contributed by atoms with Gasteiger partial charge in [0.1, 0.15) is 5.82 Å². The first-order valence-corrected chi connectivity index (χ1v) is 4.94. The van der Waals surface area contributed by atoms with Crippen molar-refractivity contribution in [2.75, 3.05) is 0 Å². The molecule has 0 aliphatic carbocycles. The van der Waals surface area contributed by atoms with Gasteiger partial charge in [0.05, 0.1) is 0 Å². The van der Waals surface area contributed by atoms with E-state index in [0.29, 0.717) is 5.39 Å². The Balaban J connectivity index is 0.000000138. The van der Waals surface area contributed by atoms with Crippen LogP contribution in [0.5, 0.6) is 0 Å². The van der Waals surface area contributed by atoms with Gasteiger partial charge in [0.2, 0.25) is 0 Å². The van der Waals surface area contributed by atoms with E-state index in [1.807, 2.05) is 24.3 Å². The molecule has 0 amide bonds. The van der Waals surface area contributed by atoms with Crippen LogP contribution in [-0.2, 0) is 0 Å². The average molecular weight is 214 g/mol. The standard InChI is InChI=1S/C8H6FN.C5H5N/c9-7-2-1-3-8-6(7)4-5-10-8;1-2-4-6-5-3-1/h1-5,10H;1-5H. The van der Waals surface area contributed by atoms with Crippen LogP contribution >= 0.6 is 0 Å². The van der Waals surface area contributed by atoms with E-state index in [9.17, 15) is 4.39 Å². The molecule has 0 aliphatic rings. The van der Waals surface area contributed by atoms with Gasteiger partial charge in [-0.3, -0.25) is 4.98 Å². The van der Waals surface area contributed by atoms with Gasteiger partial charge in [0.25, 0.3) is 0 Å². The Kier molecular flexibility index (Phi) is 3.28. The molecule has 80 valence electrons. The predicted molar refractivity (Wildman–Crippen MR) is 62.5 cm³/mol. The number of hydrogen-bond acceptors (Lipinski definition) is 1. The Morgan fingerprint density at radius 3 is 2.31 bits per heavy atom. The van der Waals surface area contributed by atoms with Crippen LogP contribution in [0, 0.1) is 5.82 Å². The van der Waals surface area contributed by atoms with Crippen molar-refractivity contribution < 1.29 is 4.39 Å². The first-order chi connectivity index (χ1) is 7.88. The number of aromatic amines is 1. The smallest absolute Gasteiger partial charge is 0.132 e. The number of nitrogens with one attached hydrogen (secondary N) is 1. The third-order valence-electron chi connectivity index (χ3n) is 2.11. The number of H-pyrrole nitrogens is 1. The highest BCUT2D eigenvalue weighted by molar-refractivity contribution is 5.79. The summed E-state index contributed by atoms with van der Waals surface area (Å²) in [5.41, 5.74) is 0.847. The van der Waals surface area contributed by atoms with Gasteiger partial charge in [-0.25, -0.2) is 4.39 Å². The van der Waals surface area contributed by atoms with Gasteiger partial charge in [-0.1, -0.05) is 12.1 Å². The fourth-order valence-corrected chi connectivity index (χ4v) is 1.36. The van der Waals surface area contributed by atoms with Crippen molar-refractivity contribution in [2.45, 2.75) is 0 Å². The SMILES string of the molecule is Fc1cccc2[nH]ccc12.c1ccncc1. The lowest BCUT2D eigenvalue weighted by molar-refractivity contribution is 0.640. The zero-order chi connectivity index (χ0) is 11.2. The van der Waals surface area contributed by atoms with Crippen LogP contribution in [0.1, 0.15) is 0 Å². The van der Waals surface area contributed by atoms with E-state index in [2.05, 4.69) is 9.97 Å². The highest BCUT2D eigenvalue weighted by atomic mass is 19.1. The molecule has 3 rings (SSSR count). The molecule has 0 radical (unpaired) electrons. The van der Waals surface area contributed by atoms with Crippen LogP contribution in [0.15, 0.2) is 61.1 Å². The van der Waals surface area contributed by atoms with Crippen molar-refractivity contribution in [1.82, 2.24) is 9.97 Å². The molecule has 2 aromatic heterocycles. The largest absolute Gasteiger partial charge is 0.361 e. The topological polar surface area (TPSA) is 28.7 Å². The van der Waals surface area contributed by atoms with E-state index >= 15 is 0 Å². The van der Waals surface area contributed by atoms with Crippen molar-refractivity contribution in [3.05, 3.63) is 66.9 Å². The summed E-state index contributed by atoms with van der Waals surface area (Å²) in [6.45, 7) is 0. The molecular formula is C13H11FN2. The van der Waals surface area contributed by atoms with E-state index in [-0.39, 0.29) is 5.82 Å². The second-order valence-electron chi connectivity index (χ2n) is 3.20. The van der Waals surface area contributed by atoms with Crippen LogP contribution in [0.4, 0.5) is 4.39 Å². The zero-order valence-electron chi connectivity index (χ0n) is 8.60. The molecule has 2 heterocycles. The van der Waals surface area contributed by atoms with Crippen molar-refractivity contribution in [1.29, 1.82) is 0 Å². The fraction of sp³-hybridized carbons (Fsp3) is 0. The number of pyridine rings is 1. The molecule has 3 heteroatoms. The molecule has 0 unspecified atom stereocenters. The monoisotopic (exact) mass is 214 g/mol. The maximum Gasteiger partial charge on any atom is 0.132 e. The molecule has 16 heavy (non-hydrogen) atoms. The average Bonchev–Trinajstić information content (AvgIpc) is 2.82. The Hall–Kier alpha value is -2.16. The molecule has 0 saturated heterocycles. The fourth-order valence-electron chi connectivity index (χ4n) is 1.36. The Morgan fingerprint density at radius 1 is 0.938 bits per heavy atom. The number of halogens is 1. The molecule has 3 aromatic rings. The highest BCUT2D eigenvalue weighted by Gasteiger charge is 1.97. The van der Waals surface area contributed by atoms with Crippen molar-refractivity contribution in [3.8, 4) is 0 Å². The second kappa shape index (κ2) is 5.07.